The van der Waals surface area contributed by atoms with Crippen molar-refractivity contribution in [2.24, 2.45) is 5.92 Å². The lowest BCUT2D eigenvalue weighted by Crippen LogP contribution is -2.56. The van der Waals surface area contributed by atoms with Crippen molar-refractivity contribution in [2.45, 2.75) is 38.4 Å². The first-order valence-corrected chi connectivity index (χ1v) is 11.6. The van der Waals surface area contributed by atoms with Gasteiger partial charge in [-0.2, -0.15) is 0 Å². The van der Waals surface area contributed by atoms with Crippen LogP contribution in [0, 0.1) is 5.92 Å². The van der Waals surface area contributed by atoms with Gasteiger partial charge in [0, 0.05) is 38.3 Å². The molecular weight excluding hydrogens is 418 g/mol. The van der Waals surface area contributed by atoms with Crippen molar-refractivity contribution in [3.05, 3.63) is 59.7 Å². The summed E-state index contributed by atoms with van der Waals surface area (Å²) >= 11 is 0. The van der Waals surface area contributed by atoms with Crippen molar-refractivity contribution in [1.29, 1.82) is 0 Å². The minimum Gasteiger partial charge on any atom is -0.493 e. The highest BCUT2D eigenvalue weighted by molar-refractivity contribution is 5.89. The van der Waals surface area contributed by atoms with E-state index in [0.717, 1.165) is 17.7 Å². The Morgan fingerprint density at radius 3 is 2.58 bits per heavy atom. The van der Waals surface area contributed by atoms with Gasteiger partial charge in [0.2, 0.25) is 11.8 Å². The third-order valence-electron chi connectivity index (χ3n) is 6.41. The van der Waals surface area contributed by atoms with Crippen LogP contribution >= 0.6 is 0 Å². The Labute approximate surface area is 195 Å². The molecule has 1 N–H and O–H groups in total. The molecular formula is C26H33N3O4. The van der Waals surface area contributed by atoms with Crippen LogP contribution in [0.5, 0.6) is 11.5 Å². The number of hydrogen-bond donors (Lipinski definition) is 1. The number of nitrogens with one attached hydrogen (secondary N) is 1. The molecule has 2 aliphatic rings. The SMILES string of the molecule is COc1cccc(CN2CCNC(=O)[C@@H]2CC(=O)N(Cc2ccccc2)CC2CC2)c1OC. The maximum absolute atomic E-state index is 13.4. The minimum atomic E-state index is -0.514. The van der Waals surface area contributed by atoms with E-state index in [-0.39, 0.29) is 18.2 Å². The molecule has 2 aromatic carbocycles. The van der Waals surface area contributed by atoms with E-state index in [0.29, 0.717) is 43.6 Å². The highest BCUT2D eigenvalue weighted by Gasteiger charge is 2.35. The Morgan fingerprint density at radius 1 is 1.09 bits per heavy atom. The van der Waals surface area contributed by atoms with E-state index in [9.17, 15) is 9.59 Å². The summed E-state index contributed by atoms with van der Waals surface area (Å²) in [6.07, 6.45) is 2.51. The van der Waals surface area contributed by atoms with Gasteiger partial charge in [-0.15, -0.1) is 0 Å². The molecule has 0 aromatic heterocycles. The van der Waals surface area contributed by atoms with Crippen molar-refractivity contribution in [3.8, 4) is 11.5 Å². The second-order valence-corrected chi connectivity index (χ2v) is 8.84. The van der Waals surface area contributed by atoms with Crippen LogP contribution in [0.15, 0.2) is 48.5 Å². The minimum absolute atomic E-state index is 0.0235. The molecule has 0 radical (unpaired) electrons. The molecule has 0 bridgehead atoms. The van der Waals surface area contributed by atoms with E-state index in [1.54, 1.807) is 14.2 Å². The molecule has 176 valence electrons. The number of carbonyl (C=O) groups is 2. The fourth-order valence-electron chi connectivity index (χ4n) is 4.44. The van der Waals surface area contributed by atoms with Crippen LogP contribution in [0.4, 0.5) is 0 Å². The summed E-state index contributed by atoms with van der Waals surface area (Å²) in [6.45, 7) is 3.07. The van der Waals surface area contributed by atoms with Gasteiger partial charge in [0.05, 0.1) is 26.7 Å². The van der Waals surface area contributed by atoms with Gasteiger partial charge in [-0.3, -0.25) is 14.5 Å². The van der Waals surface area contributed by atoms with Gasteiger partial charge in [-0.05, 0) is 30.4 Å². The van der Waals surface area contributed by atoms with Crippen molar-refractivity contribution < 1.29 is 19.1 Å². The van der Waals surface area contributed by atoms with Gasteiger partial charge < -0.3 is 19.7 Å². The number of ether oxygens (including phenoxy) is 2. The Kier molecular flexibility index (Phi) is 7.50. The summed E-state index contributed by atoms with van der Waals surface area (Å²) in [5, 5.41) is 2.94. The Balaban J connectivity index is 1.50. The molecule has 1 saturated heterocycles. The number of benzene rings is 2. The first-order valence-electron chi connectivity index (χ1n) is 11.6. The topological polar surface area (TPSA) is 71.1 Å². The number of methoxy groups -OCH3 is 2. The third kappa shape index (κ3) is 5.85. The summed E-state index contributed by atoms with van der Waals surface area (Å²) in [5.41, 5.74) is 2.04. The zero-order valence-electron chi connectivity index (χ0n) is 19.5. The van der Waals surface area contributed by atoms with Gasteiger partial charge in [-0.1, -0.05) is 42.5 Å². The maximum atomic E-state index is 13.4. The van der Waals surface area contributed by atoms with Gasteiger partial charge >= 0.3 is 0 Å². The van der Waals surface area contributed by atoms with Crippen LogP contribution in [0.2, 0.25) is 0 Å². The van der Waals surface area contributed by atoms with E-state index in [1.807, 2.05) is 53.4 Å². The van der Waals surface area contributed by atoms with Gasteiger partial charge in [0.15, 0.2) is 11.5 Å². The molecule has 33 heavy (non-hydrogen) atoms. The number of hydrogen-bond acceptors (Lipinski definition) is 5. The van der Waals surface area contributed by atoms with Crippen molar-refractivity contribution >= 4 is 11.8 Å². The summed E-state index contributed by atoms with van der Waals surface area (Å²) in [5.74, 6) is 1.83. The second-order valence-electron chi connectivity index (χ2n) is 8.84. The van der Waals surface area contributed by atoms with Crippen molar-refractivity contribution in [2.75, 3.05) is 33.9 Å². The lowest BCUT2D eigenvalue weighted by molar-refractivity contribution is -0.139. The molecule has 1 atom stereocenters. The largest absolute Gasteiger partial charge is 0.493 e. The van der Waals surface area contributed by atoms with Crippen LogP contribution in [-0.4, -0.2) is 61.5 Å². The van der Waals surface area contributed by atoms with E-state index in [2.05, 4.69) is 10.2 Å². The van der Waals surface area contributed by atoms with E-state index < -0.39 is 6.04 Å². The van der Waals surface area contributed by atoms with Crippen LogP contribution in [-0.2, 0) is 22.7 Å². The monoisotopic (exact) mass is 451 g/mol. The Morgan fingerprint density at radius 2 is 1.88 bits per heavy atom. The molecule has 2 fully saturated rings. The number of rotatable bonds is 10. The van der Waals surface area contributed by atoms with Gasteiger partial charge in [0.1, 0.15) is 0 Å². The van der Waals surface area contributed by atoms with Crippen molar-refractivity contribution in [1.82, 2.24) is 15.1 Å². The molecule has 7 heteroatoms. The molecule has 1 saturated carbocycles. The second kappa shape index (κ2) is 10.7. The predicted octanol–water partition coefficient (Wildman–Crippen LogP) is 2.83. The summed E-state index contributed by atoms with van der Waals surface area (Å²) in [4.78, 5) is 30.3. The summed E-state index contributed by atoms with van der Waals surface area (Å²) in [7, 11) is 3.23. The number of piperazine rings is 1. The lowest BCUT2D eigenvalue weighted by atomic mass is 10.0. The molecule has 1 aliphatic carbocycles. The standard InChI is InChI=1S/C26H33N3O4/c1-32-23-10-6-9-21(25(23)33-2)18-28-14-13-27-26(31)22(28)15-24(30)29(17-20-11-12-20)16-19-7-4-3-5-8-19/h3-10,20,22H,11-18H2,1-2H3,(H,27,31)/t22-/m0/s1. The Hall–Kier alpha value is -3.06. The molecule has 1 heterocycles. The lowest BCUT2D eigenvalue weighted by Gasteiger charge is -2.36. The average Bonchev–Trinajstić information content (AvgIpc) is 3.65. The summed E-state index contributed by atoms with van der Waals surface area (Å²) in [6, 6.07) is 15.3. The van der Waals surface area contributed by atoms with Crippen LogP contribution in [0.3, 0.4) is 0 Å². The zero-order chi connectivity index (χ0) is 23.2. The molecule has 2 amide bonds. The van der Waals surface area contributed by atoms with Gasteiger partial charge in [-0.25, -0.2) is 0 Å². The number of carbonyl (C=O) groups excluding carboxylic acids is 2. The fraction of sp³-hybridized carbons (Fsp3) is 0.462. The summed E-state index contributed by atoms with van der Waals surface area (Å²) < 4.78 is 11.0. The smallest absolute Gasteiger partial charge is 0.237 e. The molecule has 7 nitrogen and oxygen atoms in total. The van der Waals surface area contributed by atoms with E-state index in [1.165, 1.54) is 12.8 Å². The number of nitrogens with zero attached hydrogens (tertiary/aromatic N) is 2. The van der Waals surface area contributed by atoms with E-state index >= 15 is 0 Å². The number of amides is 2. The molecule has 0 unspecified atom stereocenters. The normalized spacial score (nSPS) is 18.5. The molecule has 1 aliphatic heterocycles. The van der Waals surface area contributed by atoms with Crippen LogP contribution in [0.1, 0.15) is 30.4 Å². The Bertz CT molecular complexity index is 961. The highest BCUT2D eigenvalue weighted by Crippen LogP contribution is 2.33. The first kappa shape index (κ1) is 23.1. The molecule has 0 spiro atoms. The highest BCUT2D eigenvalue weighted by atomic mass is 16.5. The van der Waals surface area contributed by atoms with Crippen LogP contribution < -0.4 is 14.8 Å². The fourth-order valence-corrected chi connectivity index (χ4v) is 4.44. The predicted molar refractivity (Wildman–Crippen MR) is 126 cm³/mol. The zero-order valence-corrected chi connectivity index (χ0v) is 19.5. The van der Waals surface area contributed by atoms with Gasteiger partial charge in [0.25, 0.3) is 0 Å². The first-order chi connectivity index (χ1) is 16.1. The molecule has 2 aromatic rings. The third-order valence-corrected chi connectivity index (χ3v) is 6.41. The van der Waals surface area contributed by atoms with Crippen molar-refractivity contribution in [3.63, 3.8) is 0 Å². The maximum Gasteiger partial charge on any atom is 0.237 e. The average molecular weight is 452 g/mol. The number of para-hydroxylation sites is 1. The van der Waals surface area contributed by atoms with E-state index in [4.69, 9.17) is 9.47 Å². The quantitative estimate of drug-likeness (QED) is 0.602. The van der Waals surface area contributed by atoms with Crippen LogP contribution in [0.25, 0.3) is 0 Å². The molecule has 4 rings (SSSR count).